The van der Waals surface area contributed by atoms with E-state index in [2.05, 4.69) is 77.0 Å². The lowest BCUT2D eigenvalue weighted by atomic mass is 9.32. The fourth-order valence-corrected chi connectivity index (χ4v) is 13.4. The van der Waals surface area contributed by atoms with Crippen LogP contribution in [0.25, 0.3) is 5.57 Å². The molecule has 51 heavy (non-hydrogen) atoms. The standard InChI is InChI=1S/C44H64N2O5/c1-28(2)31-17-22-44(39(49)46-26-10-25-45-27-36(47)50-8)24-23-42(6)33(37(31)44)15-16-35-41(5)20-18-32(29-11-13-30(14-12-29)38(48)51-9)40(3,4)34(41)19-21-43(35,42)7/h11-14,18,31,33-35,37,45H,1,10,15-17,19-27H2,2-9H3,(H,46,49)/t31-,33+,34-,35+,37+,41-,42+,43+,44-/m0/s1. The van der Waals surface area contributed by atoms with Gasteiger partial charge in [0.2, 0.25) is 5.91 Å². The Bertz CT molecular complexity index is 1560. The summed E-state index contributed by atoms with van der Waals surface area (Å²) in [6.45, 7) is 21.0. The molecule has 1 amide bonds. The molecule has 4 fully saturated rings. The number of esters is 2. The Labute approximate surface area is 307 Å². The topological polar surface area (TPSA) is 93.7 Å². The van der Waals surface area contributed by atoms with Crippen molar-refractivity contribution >= 4 is 23.4 Å². The number of allylic oxidation sites excluding steroid dienone is 3. The van der Waals surface area contributed by atoms with Crippen molar-refractivity contribution in [1.29, 1.82) is 0 Å². The normalized spacial score (nSPS) is 37.8. The Kier molecular flexibility index (Phi) is 10.2. The molecule has 0 unspecified atom stereocenters. The van der Waals surface area contributed by atoms with Crippen molar-refractivity contribution in [3.63, 3.8) is 0 Å². The number of hydrogen-bond donors (Lipinski definition) is 2. The summed E-state index contributed by atoms with van der Waals surface area (Å²) in [5.41, 5.74) is 4.69. The van der Waals surface area contributed by atoms with Gasteiger partial charge in [-0.2, -0.15) is 0 Å². The molecule has 4 saturated carbocycles. The zero-order chi connectivity index (χ0) is 37.0. The van der Waals surface area contributed by atoms with Crippen molar-refractivity contribution in [3.05, 3.63) is 53.6 Å². The third-order valence-electron chi connectivity index (χ3n) is 16.0. The van der Waals surface area contributed by atoms with Gasteiger partial charge in [-0.25, -0.2) is 4.79 Å². The molecular formula is C44H64N2O5. The van der Waals surface area contributed by atoms with Crippen LogP contribution in [-0.4, -0.2) is 51.7 Å². The predicted molar refractivity (Wildman–Crippen MR) is 203 cm³/mol. The lowest BCUT2D eigenvalue weighted by Gasteiger charge is -2.72. The number of carbonyl (C=O) groups is 3. The summed E-state index contributed by atoms with van der Waals surface area (Å²) in [5, 5.41) is 6.50. The Morgan fingerprint density at radius 1 is 0.843 bits per heavy atom. The number of ether oxygens (including phenoxy) is 2. The molecule has 7 nitrogen and oxygen atoms in total. The van der Waals surface area contributed by atoms with Crippen LogP contribution in [0.2, 0.25) is 0 Å². The van der Waals surface area contributed by atoms with E-state index in [1.54, 1.807) is 0 Å². The molecule has 5 aliphatic rings. The van der Waals surface area contributed by atoms with E-state index in [-0.39, 0.29) is 51.5 Å². The number of carbonyl (C=O) groups excluding carboxylic acids is 3. The summed E-state index contributed by atoms with van der Waals surface area (Å²) in [6.07, 6.45) is 13.3. The van der Waals surface area contributed by atoms with Gasteiger partial charge < -0.3 is 20.1 Å². The van der Waals surface area contributed by atoms with Gasteiger partial charge in [0.1, 0.15) is 0 Å². The quantitative estimate of drug-likeness (QED) is 0.145. The van der Waals surface area contributed by atoms with Crippen molar-refractivity contribution < 1.29 is 23.9 Å². The zero-order valence-corrected chi connectivity index (χ0v) is 32.7. The molecule has 0 aromatic heterocycles. The Morgan fingerprint density at radius 3 is 2.24 bits per heavy atom. The first kappa shape index (κ1) is 37.8. The van der Waals surface area contributed by atoms with E-state index in [1.807, 2.05) is 12.1 Å². The van der Waals surface area contributed by atoms with E-state index >= 15 is 0 Å². The van der Waals surface area contributed by atoms with Crippen LogP contribution in [0.15, 0.2) is 42.5 Å². The molecule has 1 aromatic carbocycles. The summed E-state index contributed by atoms with van der Waals surface area (Å²) < 4.78 is 9.68. The monoisotopic (exact) mass is 700 g/mol. The second-order valence-corrected chi connectivity index (χ2v) is 18.3. The van der Waals surface area contributed by atoms with Crippen molar-refractivity contribution in [2.75, 3.05) is 33.9 Å². The van der Waals surface area contributed by atoms with Gasteiger partial charge in [-0.3, -0.25) is 9.59 Å². The van der Waals surface area contributed by atoms with Gasteiger partial charge in [0, 0.05) is 6.54 Å². The average Bonchev–Trinajstić information content (AvgIpc) is 3.51. The Hall–Kier alpha value is -2.93. The molecule has 6 rings (SSSR count). The predicted octanol–water partition coefficient (Wildman–Crippen LogP) is 8.39. The molecular weight excluding hydrogens is 636 g/mol. The van der Waals surface area contributed by atoms with E-state index in [0.717, 1.165) is 38.5 Å². The summed E-state index contributed by atoms with van der Waals surface area (Å²) in [4.78, 5) is 38.0. The van der Waals surface area contributed by atoms with Crippen LogP contribution in [-0.2, 0) is 19.1 Å². The highest BCUT2D eigenvalue weighted by Gasteiger charge is 2.71. The smallest absolute Gasteiger partial charge is 0.337 e. The van der Waals surface area contributed by atoms with Crippen LogP contribution in [0.4, 0.5) is 0 Å². The van der Waals surface area contributed by atoms with Gasteiger partial charge in [-0.05, 0) is 152 Å². The van der Waals surface area contributed by atoms with Crippen LogP contribution >= 0.6 is 0 Å². The molecule has 0 saturated heterocycles. The van der Waals surface area contributed by atoms with Crippen LogP contribution in [0.5, 0.6) is 0 Å². The molecule has 280 valence electrons. The van der Waals surface area contributed by atoms with E-state index in [9.17, 15) is 14.4 Å². The van der Waals surface area contributed by atoms with Gasteiger partial charge in [0.15, 0.2) is 0 Å². The second-order valence-electron chi connectivity index (χ2n) is 18.3. The molecule has 5 aliphatic carbocycles. The minimum absolute atomic E-state index is 0.00397. The molecule has 0 bridgehead atoms. The minimum atomic E-state index is -0.328. The highest BCUT2D eigenvalue weighted by Crippen LogP contribution is 2.77. The number of nitrogens with one attached hydrogen (secondary N) is 2. The van der Waals surface area contributed by atoms with Gasteiger partial charge >= 0.3 is 11.9 Å². The molecule has 0 aliphatic heterocycles. The summed E-state index contributed by atoms with van der Waals surface area (Å²) in [5.74, 6) is 2.08. The highest BCUT2D eigenvalue weighted by molar-refractivity contribution is 5.90. The summed E-state index contributed by atoms with van der Waals surface area (Å²) in [7, 11) is 2.83. The maximum Gasteiger partial charge on any atom is 0.337 e. The largest absolute Gasteiger partial charge is 0.468 e. The van der Waals surface area contributed by atoms with E-state index in [0.29, 0.717) is 48.2 Å². The molecule has 0 radical (unpaired) electrons. The van der Waals surface area contributed by atoms with Crippen molar-refractivity contribution in [1.82, 2.24) is 10.6 Å². The second kappa shape index (κ2) is 13.8. The first-order chi connectivity index (χ1) is 24.1. The summed E-state index contributed by atoms with van der Waals surface area (Å²) >= 11 is 0. The van der Waals surface area contributed by atoms with E-state index in [1.165, 1.54) is 56.6 Å². The molecule has 1 aromatic rings. The SMILES string of the molecule is C=C(C)[C@@H]1CC[C@]2(C(=O)NCCCNCC(=O)OC)CC[C@]3(C)[C@H](CC[C@@H]4[C@@]5(C)CC=C(c6ccc(C(=O)OC)cc6)C(C)(C)[C@@H]5CC[C@]43C)[C@@H]12. The minimum Gasteiger partial charge on any atom is -0.468 e. The fraction of sp³-hybridized carbons (Fsp3) is 0.705. The first-order valence-electron chi connectivity index (χ1n) is 19.7. The molecule has 0 heterocycles. The lowest BCUT2D eigenvalue weighted by Crippen LogP contribution is -2.66. The molecule has 7 heteroatoms. The van der Waals surface area contributed by atoms with Crippen molar-refractivity contribution in [2.45, 2.75) is 106 Å². The number of methoxy groups -OCH3 is 2. The fourth-order valence-electron chi connectivity index (χ4n) is 13.4. The summed E-state index contributed by atoms with van der Waals surface area (Å²) in [6, 6.07) is 8.02. The van der Waals surface area contributed by atoms with Crippen LogP contribution in [0, 0.1) is 56.7 Å². The third kappa shape index (κ3) is 5.92. The molecule has 0 spiro atoms. The Balaban J connectivity index is 1.24. The van der Waals surface area contributed by atoms with Gasteiger partial charge in [-0.1, -0.05) is 65.0 Å². The van der Waals surface area contributed by atoms with Gasteiger partial charge in [0.25, 0.3) is 0 Å². The highest BCUT2D eigenvalue weighted by atomic mass is 16.5. The maximum absolute atomic E-state index is 14.4. The number of hydrogen-bond acceptors (Lipinski definition) is 6. The molecule has 9 atom stereocenters. The van der Waals surface area contributed by atoms with Crippen molar-refractivity contribution in [2.24, 2.45) is 56.7 Å². The van der Waals surface area contributed by atoms with E-state index < -0.39 is 0 Å². The zero-order valence-electron chi connectivity index (χ0n) is 32.7. The van der Waals surface area contributed by atoms with Crippen LogP contribution in [0.3, 0.4) is 0 Å². The maximum atomic E-state index is 14.4. The number of fused-ring (bicyclic) bond motifs is 7. The van der Waals surface area contributed by atoms with E-state index in [4.69, 9.17) is 9.47 Å². The van der Waals surface area contributed by atoms with Gasteiger partial charge in [0.05, 0.1) is 31.7 Å². The number of amides is 1. The lowest BCUT2D eigenvalue weighted by molar-refractivity contribution is -0.225. The first-order valence-corrected chi connectivity index (χ1v) is 19.7. The average molecular weight is 701 g/mol. The number of rotatable bonds is 10. The van der Waals surface area contributed by atoms with Crippen molar-refractivity contribution in [3.8, 4) is 0 Å². The van der Waals surface area contributed by atoms with Crippen LogP contribution < -0.4 is 10.6 Å². The Morgan fingerprint density at radius 2 is 1.57 bits per heavy atom. The number of benzene rings is 1. The van der Waals surface area contributed by atoms with Gasteiger partial charge in [-0.15, -0.1) is 0 Å². The third-order valence-corrected chi connectivity index (χ3v) is 16.0. The van der Waals surface area contributed by atoms with Crippen LogP contribution in [0.1, 0.15) is 122 Å². The molecule has 2 N–H and O–H groups in total.